The van der Waals surface area contributed by atoms with Crippen LogP contribution in [0.4, 0.5) is 17.1 Å². The number of carbonyl (C=O) groups excluding carboxylic acids is 1. The lowest BCUT2D eigenvalue weighted by Crippen LogP contribution is -2.30. The van der Waals surface area contributed by atoms with Gasteiger partial charge >= 0.3 is 0 Å². The molecule has 0 saturated carbocycles. The summed E-state index contributed by atoms with van der Waals surface area (Å²) in [7, 11) is 1.58. The maximum Gasteiger partial charge on any atom is 0.292 e. The second-order valence-corrected chi connectivity index (χ2v) is 5.49. The second-order valence-electron chi connectivity index (χ2n) is 5.49. The molecule has 2 aromatic carbocycles. The molecule has 7 nitrogen and oxygen atoms in total. The average molecular weight is 338 g/mol. The molecule has 1 N–H and O–H groups in total. The Labute approximate surface area is 145 Å². The Kier molecular flexibility index (Phi) is 5.69. The van der Waals surface area contributed by atoms with Gasteiger partial charge in [-0.25, -0.2) is 0 Å². The van der Waals surface area contributed by atoms with Crippen LogP contribution in [0.1, 0.15) is 18.1 Å². The molecule has 0 aliphatic heterocycles. The van der Waals surface area contributed by atoms with E-state index >= 15 is 0 Å². The molecule has 0 radical (unpaired) electrons. The molecular weight excluding hydrogens is 320 g/mol. The Hall–Kier alpha value is -3.40. The van der Waals surface area contributed by atoms with E-state index < -0.39 is 4.92 Å². The van der Waals surface area contributed by atoms with Crippen molar-refractivity contribution >= 4 is 23.0 Å². The molecule has 0 saturated heterocycles. The van der Waals surface area contributed by atoms with Gasteiger partial charge in [0, 0.05) is 18.8 Å². The van der Waals surface area contributed by atoms with E-state index in [9.17, 15) is 14.9 Å². The van der Waals surface area contributed by atoms with Crippen molar-refractivity contribution < 1.29 is 9.72 Å². The third-order valence-electron chi connectivity index (χ3n) is 3.77. The number of nitrogens with zero attached hydrogens (tertiary/aromatic N) is 3. The number of nitro benzene ring substituents is 1. The summed E-state index contributed by atoms with van der Waals surface area (Å²) < 4.78 is 0. The van der Waals surface area contributed by atoms with Crippen molar-refractivity contribution in [2.45, 2.75) is 13.3 Å². The molecule has 25 heavy (non-hydrogen) atoms. The molecular formula is C18H18N4O3. The Bertz CT molecular complexity index is 842. The summed E-state index contributed by atoms with van der Waals surface area (Å²) >= 11 is 0. The minimum absolute atomic E-state index is 0.0756. The zero-order chi connectivity index (χ0) is 18.4. The molecule has 0 aromatic heterocycles. The normalized spacial score (nSPS) is 9.96. The number of amides is 1. The summed E-state index contributed by atoms with van der Waals surface area (Å²) in [6.07, 6.45) is 0.780. The molecule has 0 unspecified atom stereocenters. The van der Waals surface area contributed by atoms with Gasteiger partial charge in [0.2, 0.25) is 5.91 Å². The van der Waals surface area contributed by atoms with Crippen molar-refractivity contribution in [1.82, 2.24) is 0 Å². The highest BCUT2D eigenvalue weighted by molar-refractivity contribution is 5.95. The number of likely N-dealkylation sites (N-methyl/N-ethyl adjacent to an activating group) is 1. The van der Waals surface area contributed by atoms with Crippen LogP contribution in [0, 0.1) is 21.4 Å². The first-order valence-corrected chi connectivity index (χ1v) is 7.73. The van der Waals surface area contributed by atoms with Crippen molar-refractivity contribution in [1.29, 1.82) is 5.26 Å². The maximum atomic E-state index is 12.3. The minimum atomic E-state index is -0.530. The highest BCUT2D eigenvalue weighted by Gasteiger charge is 2.19. The van der Waals surface area contributed by atoms with Crippen molar-refractivity contribution in [3.8, 4) is 6.07 Å². The fourth-order valence-corrected chi connectivity index (χ4v) is 2.49. The summed E-state index contributed by atoms with van der Waals surface area (Å²) in [5, 5.41) is 23.0. The van der Waals surface area contributed by atoms with Crippen LogP contribution in [0.5, 0.6) is 0 Å². The van der Waals surface area contributed by atoms with Crippen LogP contribution in [0.25, 0.3) is 0 Å². The standard InChI is InChI=1S/C18H18N4O3/c1-3-14-6-4-5-7-15(14)20-18(23)12-21(2)17-10-13(11-19)8-9-16(17)22(24)25/h4-10H,3,12H2,1-2H3,(H,20,23). The molecule has 0 atom stereocenters. The smallest absolute Gasteiger partial charge is 0.292 e. The van der Waals surface area contributed by atoms with E-state index in [0.29, 0.717) is 5.56 Å². The van der Waals surface area contributed by atoms with Gasteiger partial charge in [-0.05, 0) is 30.2 Å². The number of para-hydroxylation sites is 1. The second kappa shape index (κ2) is 7.93. The largest absolute Gasteiger partial charge is 0.360 e. The van der Waals surface area contributed by atoms with E-state index in [4.69, 9.17) is 5.26 Å². The van der Waals surface area contributed by atoms with Crippen molar-refractivity contribution in [3.05, 3.63) is 63.7 Å². The number of carbonyl (C=O) groups is 1. The number of nitriles is 1. The molecule has 0 aliphatic carbocycles. The van der Waals surface area contributed by atoms with Crippen LogP contribution in [-0.4, -0.2) is 24.4 Å². The van der Waals surface area contributed by atoms with Crippen molar-refractivity contribution in [3.63, 3.8) is 0 Å². The molecule has 2 rings (SSSR count). The Balaban J connectivity index is 2.19. The fourth-order valence-electron chi connectivity index (χ4n) is 2.49. The Morgan fingerprint density at radius 2 is 2.04 bits per heavy atom. The third kappa shape index (κ3) is 4.32. The minimum Gasteiger partial charge on any atom is -0.360 e. The zero-order valence-corrected chi connectivity index (χ0v) is 14.0. The van der Waals surface area contributed by atoms with Gasteiger partial charge in [-0.15, -0.1) is 0 Å². The summed E-state index contributed by atoms with van der Waals surface area (Å²) in [6.45, 7) is 1.92. The van der Waals surface area contributed by atoms with Gasteiger partial charge in [-0.1, -0.05) is 25.1 Å². The third-order valence-corrected chi connectivity index (χ3v) is 3.77. The predicted molar refractivity (Wildman–Crippen MR) is 95.5 cm³/mol. The lowest BCUT2D eigenvalue weighted by atomic mass is 10.1. The van der Waals surface area contributed by atoms with Crippen LogP contribution in [0.15, 0.2) is 42.5 Å². The molecule has 0 heterocycles. The number of nitrogens with one attached hydrogen (secondary N) is 1. The van der Waals surface area contributed by atoms with Crippen molar-refractivity contribution in [2.24, 2.45) is 0 Å². The quantitative estimate of drug-likeness (QED) is 0.644. The number of hydrogen-bond donors (Lipinski definition) is 1. The van der Waals surface area contributed by atoms with Gasteiger partial charge in [0.25, 0.3) is 5.69 Å². The Morgan fingerprint density at radius 3 is 2.68 bits per heavy atom. The van der Waals surface area contributed by atoms with Crippen LogP contribution in [0.2, 0.25) is 0 Å². The molecule has 0 spiro atoms. The number of hydrogen-bond acceptors (Lipinski definition) is 5. The number of rotatable bonds is 6. The molecule has 128 valence electrons. The fraction of sp³-hybridized carbons (Fsp3) is 0.222. The molecule has 7 heteroatoms. The van der Waals surface area contributed by atoms with Gasteiger partial charge < -0.3 is 10.2 Å². The zero-order valence-electron chi connectivity index (χ0n) is 14.0. The highest BCUT2D eigenvalue weighted by atomic mass is 16.6. The van der Waals surface area contributed by atoms with Crippen LogP contribution in [-0.2, 0) is 11.2 Å². The summed E-state index contributed by atoms with van der Waals surface area (Å²) in [6, 6.07) is 13.5. The summed E-state index contributed by atoms with van der Waals surface area (Å²) in [5.74, 6) is -0.292. The summed E-state index contributed by atoms with van der Waals surface area (Å²) in [5.41, 5.74) is 2.11. The predicted octanol–water partition coefficient (Wildman–Crippen LogP) is 3.10. The number of nitro groups is 1. The topological polar surface area (TPSA) is 99.3 Å². The SMILES string of the molecule is CCc1ccccc1NC(=O)CN(C)c1cc(C#N)ccc1[N+](=O)[O-]. The molecule has 1 amide bonds. The van der Waals surface area contributed by atoms with Gasteiger partial charge in [0.15, 0.2) is 0 Å². The number of aryl methyl sites for hydroxylation is 1. The van der Waals surface area contributed by atoms with Gasteiger partial charge in [-0.2, -0.15) is 5.26 Å². The maximum absolute atomic E-state index is 12.3. The van der Waals surface area contributed by atoms with E-state index in [1.807, 2.05) is 37.3 Å². The number of anilines is 2. The van der Waals surface area contributed by atoms with Crippen molar-refractivity contribution in [2.75, 3.05) is 23.8 Å². The van der Waals surface area contributed by atoms with Crippen LogP contribution in [0.3, 0.4) is 0 Å². The van der Waals surface area contributed by atoms with Crippen LogP contribution >= 0.6 is 0 Å². The molecule has 0 aliphatic rings. The van der Waals surface area contributed by atoms with E-state index in [1.165, 1.54) is 23.1 Å². The molecule has 0 bridgehead atoms. The van der Waals surface area contributed by atoms with Gasteiger partial charge in [-0.3, -0.25) is 14.9 Å². The average Bonchev–Trinajstić information content (AvgIpc) is 2.61. The highest BCUT2D eigenvalue weighted by Crippen LogP contribution is 2.28. The van der Waals surface area contributed by atoms with E-state index in [-0.39, 0.29) is 23.8 Å². The molecule has 0 fully saturated rings. The lowest BCUT2D eigenvalue weighted by molar-refractivity contribution is -0.384. The first-order valence-electron chi connectivity index (χ1n) is 7.73. The number of benzene rings is 2. The first-order chi connectivity index (χ1) is 12.0. The molecule has 2 aromatic rings. The van der Waals surface area contributed by atoms with E-state index in [2.05, 4.69) is 5.32 Å². The van der Waals surface area contributed by atoms with E-state index in [1.54, 1.807) is 7.05 Å². The van der Waals surface area contributed by atoms with Crippen LogP contribution < -0.4 is 10.2 Å². The Morgan fingerprint density at radius 1 is 1.32 bits per heavy atom. The lowest BCUT2D eigenvalue weighted by Gasteiger charge is -2.19. The monoisotopic (exact) mass is 338 g/mol. The van der Waals surface area contributed by atoms with E-state index in [0.717, 1.165) is 17.7 Å². The summed E-state index contributed by atoms with van der Waals surface area (Å²) in [4.78, 5) is 24.4. The van der Waals surface area contributed by atoms with Gasteiger partial charge in [0.1, 0.15) is 5.69 Å². The van der Waals surface area contributed by atoms with Gasteiger partial charge in [0.05, 0.1) is 23.1 Å². The first kappa shape index (κ1) is 17.9.